The van der Waals surface area contributed by atoms with E-state index in [-0.39, 0.29) is 6.61 Å². The number of hydrogen-bond donors (Lipinski definition) is 2. The van der Waals surface area contributed by atoms with Gasteiger partial charge in [-0.2, -0.15) is 0 Å². The number of nitrogens with zero attached hydrogens (tertiary/aromatic N) is 1. The van der Waals surface area contributed by atoms with Crippen LogP contribution >= 0.6 is 11.6 Å². The molecule has 1 unspecified atom stereocenters. The van der Waals surface area contributed by atoms with E-state index in [0.29, 0.717) is 22.2 Å². The number of ether oxygens (including phenoxy) is 1. The number of aliphatic hydroxyl groups is 1. The second kappa shape index (κ2) is 8.24. The highest BCUT2D eigenvalue weighted by molar-refractivity contribution is 6.31. The van der Waals surface area contributed by atoms with E-state index in [9.17, 15) is 4.79 Å². The number of carbonyl (C=O) groups excluding carboxylic acids is 1. The topological polar surface area (TPSA) is 84.6 Å². The molecule has 0 saturated carbocycles. The smallest absolute Gasteiger partial charge is 0.412 e. The predicted octanol–water partition coefficient (Wildman–Crippen LogP) is 5.11. The largest absolute Gasteiger partial charge is 0.441 e. The summed E-state index contributed by atoms with van der Waals surface area (Å²) in [6.07, 6.45) is -1.16. The summed E-state index contributed by atoms with van der Waals surface area (Å²) in [5.74, 6) is 0.416. The molecule has 3 rings (SSSR count). The van der Waals surface area contributed by atoms with Gasteiger partial charge in [0.15, 0.2) is 5.76 Å². The molecule has 0 aliphatic carbocycles. The Morgan fingerprint density at radius 1 is 1.26 bits per heavy atom. The molecule has 2 N–H and O–H groups in total. The van der Waals surface area contributed by atoms with Crippen LogP contribution in [0.2, 0.25) is 5.02 Å². The van der Waals surface area contributed by atoms with Crippen molar-refractivity contribution in [3.05, 3.63) is 70.4 Å². The van der Waals surface area contributed by atoms with Crippen LogP contribution in [0.4, 0.5) is 10.5 Å². The molecule has 1 atom stereocenters. The summed E-state index contributed by atoms with van der Waals surface area (Å²) >= 11 is 6.15. The Morgan fingerprint density at radius 2 is 1.96 bits per heavy atom. The van der Waals surface area contributed by atoms with Crippen LogP contribution in [-0.4, -0.2) is 16.4 Å². The van der Waals surface area contributed by atoms with Crippen LogP contribution < -0.4 is 5.32 Å². The van der Waals surface area contributed by atoms with Gasteiger partial charge in [0.25, 0.3) is 0 Å². The Morgan fingerprint density at radius 3 is 2.63 bits per heavy atom. The van der Waals surface area contributed by atoms with Gasteiger partial charge in [0.2, 0.25) is 0 Å². The van der Waals surface area contributed by atoms with Gasteiger partial charge in [-0.15, -0.1) is 0 Å². The monoisotopic (exact) mass is 386 g/mol. The molecule has 1 amide bonds. The Bertz CT molecular complexity index is 937. The third kappa shape index (κ3) is 4.30. The van der Waals surface area contributed by atoms with Crippen LogP contribution in [0.5, 0.6) is 0 Å². The summed E-state index contributed by atoms with van der Waals surface area (Å²) in [6.45, 7) is 3.42. The highest BCUT2D eigenvalue weighted by Crippen LogP contribution is 2.32. The van der Waals surface area contributed by atoms with E-state index in [1.807, 2.05) is 12.1 Å². The zero-order chi connectivity index (χ0) is 19.4. The summed E-state index contributed by atoms with van der Waals surface area (Å²) in [5.41, 5.74) is 3.18. The number of hydrogen-bond acceptors (Lipinski definition) is 5. The minimum absolute atomic E-state index is 0.0485. The number of carbonyl (C=O) groups is 1. The van der Waals surface area contributed by atoms with Crippen LogP contribution in [0, 0.1) is 6.92 Å². The number of benzene rings is 2. The van der Waals surface area contributed by atoms with E-state index in [4.69, 9.17) is 26.0 Å². The van der Waals surface area contributed by atoms with Gasteiger partial charge in [-0.25, -0.2) is 4.79 Å². The summed E-state index contributed by atoms with van der Waals surface area (Å²) < 4.78 is 10.8. The van der Waals surface area contributed by atoms with E-state index in [2.05, 4.69) is 10.5 Å². The summed E-state index contributed by atoms with van der Waals surface area (Å²) in [5, 5.41) is 16.3. The number of amides is 1. The van der Waals surface area contributed by atoms with Crippen LogP contribution in [0.3, 0.4) is 0 Å². The van der Waals surface area contributed by atoms with Gasteiger partial charge in [0.05, 0.1) is 6.61 Å². The lowest BCUT2D eigenvalue weighted by Crippen LogP contribution is -2.17. The number of halogens is 1. The van der Waals surface area contributed by atoms with Crippen molar-refractivity contribution in [1.82, 2.24) is 5.16 Å². The number of rotatable bonds is 5. The van der Waals surface area contributed by atoms with Crippen molar-refractivity contribution < 1.29 is 19.2 Å². The van der Waals surface area contributed by atoms with Gasteiger partial charge in [0.1, 0.15) is 17.5 Å². The Kier molecular flexibility index (Phi) is 5.78. The molecule has 0 bridgehead atoms. The molecule has 1 aromatic heterocycles. The van der Waals surface area contributed by atoms with Gasteiger partial charge >= 0.3 is 6.09 Å². The molecule has 2 aromatic carbocycles. The second-order valence-electron chi connectivity index (χ2n) is 6.02. The van der Waals surface area contributed by atoms with Gasteiger partial charge in [-0.05, 0) is 25.5 Å². The van der Waals surface area contributed by atoms with Gasteiger partial charge in [-0.1, -0.05) is 59.2 Å². The highest BCUT2D eigenvalue weighted by atomic mass is 35.5. The lowest BCUT2D eigenvalue weighted by atomic mass is 10.1. The molecule has 140 valence electrons. The Balaban J connectivity index is 1.76. The fourth-order valence-corrected chi connectivity index (χ4v) is 2.93. The molecule has 0 spiro atoms. The number of nitrogens with one attached hydrogen (secondary N) is 1. The quantitative estimate of drug-likeness (QED) is 0.636. The first-order chi connectivity index (χ1) is 13.0. The third-order valence-corrected chi connectivity index (χ3v) is 4.46. The number of aryl methyl sites for hydroxylation is 1. The minimum Gasteiger partial charge on any atom is -0.441 e. The second-order valence-corrected chi connectivity index (χ2v) is 6.43. The summed E-state index contributed by atoms with van der Waals surface area (Å²) in [4.78, 5) is 12.4. The zero-order valence-corrected chi connectivity index (χ0v) is 15.7. The van der Waals surface area contributed by atoms with Gasteiger partial charge in [0, 0.05) is 16.1 Å². The van der Waals surface area contributed by atoms with Crippen LogP contribution in [-0.2, 0) is 11.3 Å². The van der Waals surface area contributed by atoms with Crippen molar-refractivity contribution in [1.29, 1.82) is 0 Å². The highest BCUT2D eigenvalue weighted by Gasteiger charge is 2.20. The molecule has 3 aromatic rings. The number of aromatic nitrogens is 1. The number of anilines is 1. The first-order valence-corrected chi connectivity index (χ1v) is 8.76. The summed E-state index contributed by atoms with van der Waals surface area (Å²) in [6, 6.07) is 14.3. The SMILES string of the molecule is Cc1noc(-c2ccc(CO)cc2)c1NC(=O)OC(C)c1ccccc1Cl. The molecule has 0 fully saturated rings. The van der Waals surface area contributed by atoms with E-state index >= 15 is 0 Å². The van der Waals surface area contributed by atoms with Crippen LogP contribution in [0.1, 0.15) is 29.8 Å². The maximum absolute atomic E-state index is 12.4. The molecule has 27 heavy (non-hydrogen) atoms. The predicted molar refractivity (Wildman–Crippen MR) is 103 cm³/mol. The maximum atomic E-state index is 12.4. The van der Waals surface area contributed by atoms with Crippen molar-refractivity contribution in [2.45, 2.75) is 26.6 Å². The molecule has 0 saturated heterocycles. The molecule has 6 nitrogen and oxygen atoms in total. The fourth-order valence-electron chi connectivity index (χ4n) is 2.64. The fraction of sp³-hybridized carbons (Fsp3) is 0.200. The van der Waals surface area contributed by atoms with Crippen molar-refractivity contribution in [3.8, 4) is 11.3 Å². The first kappa shape index (κ1) is 18.9. The van der Waals surface area contributed by atoms with Crippen molar-refractivity contribution >= 4 is 23.4 Å². The lowest BCUT2D eigenvalue weighted by Gasteiger charge is -2.15. The van der Waals surface area contributed by atoms with Crippen LogP contribution in [0.25, 0.3) is 11.3 Å². The standard InChI is InChI=1S/C20H19ClN2O4/c1-12-18(19(27-23-12)15-9-7-14(11-24)8-10-15)22-20(25)26-13(2)16-5-3-4-6-17(16)21/h3-10,13,24H,11H2,1-2H3,(H,22,25). The average molecular weight is 387 g/mol. The molecule has 0 aliphatic rings. The maximum Gasteiger partial charge on any atom is 0.412 e. The van der Waals surface area contributed by atoms with Crippen molar-refractivity contribution in [2.75, 3.05) is 5.32 Å². The average Bonchev–Trinajstić information content (AvgIpc) is 3.02. The molecule has 7 heteroatoms. The lowest BCUT2D eigenvalue weighted by molar-refractivity contribution is 0.121. The third-order valence-electron chi connectivity index (χ3n) is 4.12. The molecule has 0 radical (unpaired) electrons. The van der Waals surface area contributed by atoms with E-state index in [0.717, 1.165) is 16.7 Å². The Labute approximate surface area is 161 Å². The van der Waals surface area contributed by atoms with E-state index in [1.165, 1.54) is 0 Å². The summed E-state index contributed by atoms with van der Waals surface area (Å²) in [7, 11) is 0. The first-order valence-electron chi connectivity index (χ1n) is 8.38. The molecular formula is C20H19ClN2O4. The Hall–Kier alpha value is -2.83. The van der Waals surface area contributed by atoms with E-state index < -0.39 is 12.2 Å². The minimum atomic E-state index is -0.637. The molecule has 1 heterocycles. The van der Waals surface area contributed by atoms with E-state index in [1.54, 1.807) is 50.2 Å². The zero-order valence-electron chi connectivity index (χ0n) is 14.9. The molecular weight excluding hydrogens is 368 g/mol. The van der Waals surface area contributed by atoms with Gasteiger partial charge < -0.3 is 14.4 Å². The van der Waals surface area contributed by atoms with Crippen molar-refractivity contribution in [3.63, 3.8) is 0 Å². The van der Waals surface area contributed by atoms with Gasteiger partial charge in [-0.3, -0.25) is 5.32 Å². The normalized spacial score (nSPS) is 11.9. The van der Waals surface area contributed by atoms with Crippen molar-refractivity contribution in [2.24, 2.45) is 0 Å². The number of aliphatic hydroxyl groups excluding tert-OH is 1. The van der Waals surface area contributed by atoms with Crippen LogP contribution in [0.15, 0.2) is 53.1 Å². The molecule has 0 aliphatic heterocycles.